The summed E-state index contributed by atoms with van der Waals surface area (Å²) in [6.07, 6.45) is 4.49. The lowest BCUT2D eigenvalue weighted by atomic mass is 9.90. The van der Waals surface area contributed by atoms with E-state index in [0.717, 1.165) is 0 Å². The molecule has 5 rings (SSSR count). The Bertz CT molecular complexity index is 1640. The topological polar surface area (TPSA) is 177 Å². The summed E-state index contributed by atoms with van der Waals surface area (Å²) in [5.41, 5.74) is -1.86. The molecule has 0 aliphatic heterocycles. The number of hydrogen-bond donors (Lipinski definition) is 3. The van der Waals surface area contributed by atoms with E-state index in [1.165, 1.54) is 56.8 Å². The van der Waals surface area contributed by atoms with Crippen molar-refractivity contribution >= 4 is 29.5 Å². The Hall–Kier alpha value is -4.64. The van der Waals surface area contributed by atoms with Crippen LogP contribution in [0.15, 0.2) is 37.2 Å². The average molecular weight is 663 g/mol. The van der Waals surface area contributed by atoms with Crippen LogP contribution in [0, 0.1) is 0 Å². The van der Waals surface area contributed by atoms with Gasteiger partial charge in [-0.2, -0.15) is 18.3 Å². The molecule has 0 unspecified atom stereocenters. The maximum atomic E-state index is 13.7. The highest BCUT2D eigenvalue weighted by molar-refractivity contribution is 6.32. The summed E-state index contributed by atoms with van der Waals surface area (Å²) in [5, 5.41) is 19.5. The summed E-state index contributed by atoms with van der Waals surface area (Å²) in [4.78, 5) is 39.8. The van der Waals surface area contributed by atoms with Crippen molar-refractivity contribution in [3.05, 3.63) is 47.8 Å². The van der Waals surface area contributed by atoms with Crippen LogP contribution in [0.1, 0.15) is 45.1 Å². The smallest absolute Gasteiger partial charge is 0.420 e. The van der Waals surface area contributed by atoms with Crippen LogP contribution in [0.2, 0.25) is 5.02 Å². The van der Waals surface area contributed by atoms with Crippen LogP contribution in [0.5, 0.6) is 6.01 Å². The number of aliphatic hydroxyl groups is 1. The molecule has 14 nitrogen and oxygen atoms in total. The van der Waals surface area contributed by atoms with Crippen LogP contribution < -0.4 is 15.0 Å². The number of aromatic nitrogens is 8. The lowest BCUT2D eigenvalue weighted by Crippen LogP contribution is -2.46. The third-order valence-electron chi connectivity index (χ3n) is 7.04. The van der Waals surface area contributed by atoms with E-state index >= 15 is 0 Å². The Balaban J connectivity index is 1.32. The van der Waals surface area contributed by atoms with Crippen LogP contribution in [-0.2, 0) is 10.9 Å². The fourth-order valence-corrected chi connectivity index (χ4v) is 5.01. The van der Waals surface area contributed by atoms with E-state index in [1.807, 2.05) is 0 Å². The molecule has 1 saturated carbocycles. The van der Waals surface area contributed by atoms with Gasteiger partial charge in [0.15, 0.2) is 5.82 Å². The highest BCUT2D eigenvalue weighted by Crippen LogP contribution is 2.38. The molecule has 3 N–H and O–H groups in total. The molecule has 46 heavy (non-hydrogen) atoms. The maximum Gasteiger partial charge on any atom is 0.420 e. The first kappa shape index (κ1) is 32.7. The lowest BCUT2D eigenvalue weighted by molar-refractivity contribution is -0.137. The number of anilines is 2. The van der Waals surface area contributed by atoms with E-state index in [0.29, 0.717) is 43.1 Å². The number of rotatable bonds is 9. The zero-order valence-electron chi connectivity index (χ0n) is 24.9. The molecule has 0 atom stereocenters. The monoisotopic (exact) mass is 662 g/mol. The van der Waals surface area contributed by atoms with Crippen molar-refractivity contribution in [3.63, 3.8) is 0 Å². The second-order valence-electron chi connectivity index (χ2n) is 11.1. The number of hydrogen-bond acceptors (Lipinski definition) is 12. The predicted octanol–water partition coefficient (Wildman–Crippen LogP) is 4.93. The van der Waals surface area contributed by atoms with E-state index in [2.05, 4.69) is 45.4 Å². The van der Waals surface area contributed by atoms with Gasteiger partial charge in [0.1, 0.15) is 23.6 Å². The molecule has 0 aromatic carbocycles. The van der Waals surface area contributed by atoms with Gasteiger partial charge >= 0.3 is 18.3 Å². The normalized spacial score (nSPS) is 17.0. The van der Waals surface area contributed by atoms with Crippen molar-refractivity contribution in [1.29, 1.82) is 0 Å². The van der Waals surface area contributed by atoms with E-state index in [-0.39, 0.29) is 47.2 Å². The van der Waals surface area contributed by atoms with E-state index < -0.39 is 29.1 Å². The Kier molecular flexibility index (Phi) is 9.52. The minimum atomic E-state index is -4.72. The summed E-state index contributed by atoms with van der Waals surface area (Å²) < 4.78 is 51.5. The fourth-order valence-electron chi connectivity index (χ4n) is 4.83. The number of carbonyl (C=O) groups excluding carboxylic acids is 1. The molecule has 1 fully saturated rings. The van der Waals surface area contributed by atoms with Gasteiger partial charge in [0.05, 0.1) is 35.8 Å². The molecule has 0 spiro atoms. The summed E-state index contributed by atoms with van der Waals surface area (Å²) >= 11 is 6.04. The first-order chi connectivity index (χ1) is 21.8. The molecular weight excluding hydrogens is 633 g/mol. The molecular formula is C28H30ClF3N10O4. The fraction of sp³-hybridized carbons (Fsp3) is 0.429. The molecule has 0 radical (unpaired) electrons. The summed E-state index contributed by atoms with van der Waals surface area (Å²) in [6.45, 7) is 2.78. The van der Waals surface area contributed by atoms with Gasteiger partial charge in [-0.05, 0) is 39.5 Å². The van der Waals surface area contributed by atoms with E-state index in [9.17, 15) is 23.1 Å². The van der Waals surface area contributed by atoms with Gasteiger partial charge < -0.3 is 19.9 Å². The van der Waals surface area contributed by atoms with Crippen molar-refractivity contribution in [1.82, 2.24) is 40.1 Å². The van der Waals surface area contributed by atoms with Gasteiger partial charge in [-0.3, -0.25) is 15.0 Å². The SMILES string of the molecule is COc1ncc(-c2cnc(N(C(=O)OCC(C)(C)O)[C@H]3CC[C@H](Nc4ncc(C(F)(F)F)c(-c5n[nH]cc5Cl)n4)CC3)cn2)cn1. The first-order valence-corrected chi connectivity index (χ1v) is 14.5. The van der Waals surface area contributed by atoms with Crippen LogP contribution >= 0.6 is 11.6 Å². The number of halogens is 4. The molecule has 1 aliphatic rings. The van der Waals surface area contributed by atoms with Crippen molar-refractivity contribution in [2.45, 2.75) is 63.4 Å². The summed E-state index contributed by atoms with van der Waals surface area (Å²) in [5.74, 6) is 0.220. The molecule has 1 aliphatic carbocycles. The number of carbonyl (C=O) groups is 1. The van der Waals surface area contributed by atoms with Crippen LogP contribution in [0.4, 0.5) is 29.7 Å². The van der Waals surface area contributed by atoms with Gasteiger partial charge in [0.2, 0.25) is 5.95 Å². The van der Waals surface area contributed by atoms with Crippen LogP contribution in [0.25, 0.3) is 22.6 Å². The number of nitrogens with one attached hydrogen (secondary N) is 2. The van der Waals surface area contributed by atoms with Crippen LogP contribution in [-0.4, -0.2) is 82.7 Å². The molecule has 4 heterocycles. The third kappa shape index (κ3) is 7.77. The highest BCUT2D eigenvalue weighted by atomic mass is 35.5. The summed E-state index contributed by atoms with van der Waals surface area (Å²) in [6, 6.07) is -0.372. The predicted molar refractivity (Wildman–Crippen MR) is 159 cm³/mol. The minimum Gasteiger partial charge on any atom is -0.467 e. The first-order valence-electron chi connectivity index (χ1n) is 14.1. The largest absolute Gasteiger partial charge is 0.467 e. The van der Waals surface area contributed by atoms with Gasteiger partial charge in [-0.25, -0.2) is 29.7 Å². The van der Waals surface area contributed by atoms with Gasteiger partial charge in [0, 0.05) is 42.4 Å². The maximum absolute atomic E-state index is 13.7. The molecule has 4 aromatic rings. The second kappa shape index (κ2) is 13.4. The number of amides is 1. The zero-order valence-corrected chi connectivity index (χ0v) is 25.7. The molecule has 244 valence electrons. The second-order valence-corrected chi connectivity index (χ2v) is 11.5. The number of H-pyrrole nitrogens is 1. The Morgan fingerprint density at radius 2 is 1.76 bits per heavy atom. The van der Waals surface area contributed by atoms with E-state index in [4.69, 9.17) is 21.1 Å². The molecule has 4 aromatic heterocycles. The van der Waals surface area contributed by atoms with Crippen molar-refractivity contribution in [2.75, 3.05) is 23.9 Å². The number of ether oxygens (including phenoxy) is 2. The van der Waals surface area contributed by atoms with Crippen molar-refractivity contribution in [2.24, 2.45) is 0 Å². The highest BCUT2D eigenvalue weighted by Gasteiger charge is 2.37. The quantitative estimate of drug-likeness (QED) is 0.220. The lowest BCUT2D eigenvalue weighted by Gasteiger charge is -2.36. The van der Waals surface area contributed by atoms with Crippen LogP contribution in [0.3, 0.4) is 0 Å². The summed E-state index contributed by atoms with van der Waals surface area (Å²) in [7, 11) is 1.45. The van der Waals surface area contributed by atoms with E-state index in [1.54, 1.807) is 0 Å². The Morgan fingerprint density at radius 3 is 2.33 bits per heavy atom. The average Bonchev–Trinajstić information content (AvgIpc) is 3.46. The molecule has 1 amide bonds. The van der Waals surface area contributed by atoms with Gasteiger partial charge in [0.25, 0.3) is 0 Å². The van der Waals surface area contributed by atoms with Gasteiger partial charge in [-0.15, -0.1) is 0 Å². The van der Waals surface area contributed by atoms with Crippen molar-refractivity contribution < 1.29 is 32.5 Å². The number of nitrogens with zero attached hydrogens (tertiary/aromatic N) is 8. The van der Waals surface area contributed by atoms with Crippen molar-refractivity contribution in [3.8, 4) is 28.7 Å². The van der Waals surface area contributed by atoms with Gasteiger partial charge in [-0.1, -0.05) is 11.6 Å². The minimum absolute atomic E-state index is 0.0133. The standard InChI is InChI=1S/C28H30ClF3N10O4/c1-27(2,44)14-46-26(43)42(21-13-33-20(12-34-21)15-8-36-25(45-3)37-9-15)17-6-4-16(5-7-17)39-24-35-10-18(28(30,31)32)22(40-24)23-19(29)11-38-41-23/h8-13,16-17,44H,4-7,14H2,1-3H3,(H,38,41)(H,35,39,40)/t16-,17-. The molecule has 0 bridgehead atoms. The number of aromatic amines is 1. The Labute approximate surface area is 265 Å². The molecule has 0 saturated heterocycles. The number of alkyl halides is 3. The molecule has 18 heteroatoms. The Morgan fingerprint density at radius 1 is 1.04 bits per heavy atom. The third-order valence-corrected chi connectivity index (χ3v) is 7.33. The zero-order chi connectivity index (χ0) is 33.1. The number of methoxy groups -OCH3 is 1.